The summed E-state index contributed by atoms with van der Waals surface area (Å²) < 4.78 is 69.4. The molecule has 0 aromatic heterocycles. The molecule has 0 N–H and O–H groups in total. The quantitative estimate of drug-likeness (QED) is 0.654. The van der Waals surface area contributed by atoms with Crippen molar-refractivity contribution in [1.82, 2.24) is 0 Å². The Morgan fingerprint density at radius 3 is 2.18 bits per heavy atom. The van der Waals surface area contributed by atoms with E-state index in [1.807, 2.05) is 0 Å². The smallest absolute Gasteiger partial charge is 0.343 e. The third-order valence-electron chi connectivity index (χ3n) is 9.00. The van der Waals surface area contributed by atoms with E-state index in [-0.39, 0.29) is 30.0 Å². The van der Waals surface area contributed by atoms with Crippen LogP contribution in [0.4, 0.5) is 8.78 Å². The molecule has 7 rings (SSSR count). The molecule has 1 spiro atoms. The monoisotopic (exact) mass is 418 g/mol. The first-order valence-corrected chi connectivity index (χ1v) is 12.2. The fourth-order valence-corrected chi connectivity index (χ4v) is 8.81. The van der Waals surface area contributed by atoms with Gasteiger partial charge in [0.2, 0.25) is 0 Å². The molecule has 6 bridgehead atoms. The van der Waals surface area contributed by atoms with Crippen LogP contribution < -0.4 is 0 Å². The van der Waals surface area contributed by atoms with Gasteiger partial charge >= 0.3 is 15.4 Å². The Bertz CT molecular complexity index is 755. The molecule has 0 radical (unpaired) electrons. The van der Waals surface area contributed by atoms with Crippen molar-refractivity contribution in [2.45, 2.75) is 74.6 Å². The van der Waals surface area contributed by atoms with Crippen LogP contribution in [0.5, 0.6) is 0 Å². The molecule has 1 saturated heterocycles. The van der Waals surface area contributed by atoms with Crippen molar-refractivity contribution in [2.24, 2.45) is 41.4 Å². The van der Waals surface area contributed by atoms with Crippen LogP contribution in [0.25, 0.3) is 0 Å². The van der Waals surface area contributed by atoms with Crippen LogP contribution in [0.3, 0.4) is 0 Å². The first-order valence-electron chi connectivity index (χ1n) is 10.8. The molecule has 5 unspecified atom stereocenters. The van der Waals surface area contributed by atoms with Crippen LogP contribution in [0.2, 0.25) is 0 Å². The number of hydrogen-bond donors (Lipinski definition) is 0. The van der Waals surface area contributed by atoms with Crippen molar-refractivity contribution < 1.29 is 30.9 Å². The summed E-state index contributed by atoms with van der Waals surface area (Å²) in [6.07, 6.45) is 6.64. The molecule has 7 aliphatic rings. The van der Waals surface area contributed by atoms with E-state index < -0.39 is 27.6 Å². The van der Waals surface area contributed by atoms with Gasteiger partial charge in [-0.2, -0.15) is 17.2 Å². The Morgan fingerprint density at radius 2 is 1.57 bits per heavy atom. The lowest BCUT2D eigenvalue weighted by Gasteiger charge is -2.58. The van der Waals surface area contributed by atoms with Gasteiger partial charge in [0.15, 0.2) is 5.79 Å². The van der Waals surface area contributed by atoms with E-state index in [9.17, 15) is 17.2 Å². The molecule has 158 valence electrons. The van der Waals surface area contributed by atoms with Gasteiger partial charge in [-0.05, 0) is 74.5 Å². The minimum Gasteiger partial charge on any atom is -0.343 e. The Labute approximate surface area is 164 Å². The zero-order valence-corrected chi connectivity index (χ0v) is 16.9. The van der Waals surface area contributed by atoms with Gasteiger partial charge in [0, 0.05) is 18.3 Å². The normalized spacial score (nSPS) is 54.0. The Morgan fingerprint density at radius 1 is 0.964 bits per heavy atom. The minimum atomic E-state index is -4.87. The molecule has 5 nitrogen and oxygen atoms in total. The molecular formula is C20H28F2O5S. The van der Waals surface area contributed by atoms with Crippen LogP contribution in [0.15, 0.2) is 0 Å². The molecule has 8 heteroatoms. The van der Waals surface area contributed by atoms with Gasteiger partial charge in [-0.3, -0.25) is 4.18 Å². The zero-order valence-electron chi connectivity index (χ0n) is 16.1. The van der Waals surface area contributed by atoms with Crippen LogP contribution in [-0.2, 0) is 23.8 Å². The molecule has 7 fully saturated rings. The SMILES string of the molecule is COS(=O)(=O)C(F)(F)CC1CC2CC1C1OC3(OC21)C1CC2CC(C1)CC3C2. The second-order valence-electron chi connectivity index (χ2n) is 10.3. The fraction of sp³-hybridized carbons (Fsp3) is 1.00. The summed E-state index contributed by atoms with van der Waals surface area (Å²) in [6, 6.07) is 0. The lowest BCUT2D eigenvalue weighted by atomic mass is 9.53. The Hall–Kier alpha value is -0.310. The van der Waals surface area contributed by atoms with Crippen LogP contribution in [0.1, 0.15) is 51.4 Å². The summed E-state index contributed by atoms with van der Waals surface area (Å²) in [5, 5.41) is -3.85. The maximum Gasteiger partial charge on any atom is 0.370 e. The van der Waals surface area contributed by atoms with Gasteiger partial charge in [0.05, 0.1) is 19.3 Å². The average Bonchev–Trinajstić information content (AvgIpc) is 3.29. The summed E-state index contributed by atoms with van der Waals surface area (Å²) in [6.45, 7) is 0. The lowest BCUT2D eigenvalue weighted by molar-refractivity contribution is -0.304. The Kier molecular flexibility index (Phi) is 3.74. The van der Waals surface area contributed by atoms with E-state index in [2.05, 4.69) is 4.18 Å². The van der Waals surface area contributed by atoms with Gasteiger partial charge < -0.3 is 9.47 Å². The standard InChI is InChI=1S/C20H28F2O5S/c1-25-28(23,24)19(21,22)9-13-7-12-8-16(13)18-17(12)26-20(27-18)14-3-10-2-11(5-14)6-15(20)4-10/h10-18H,2-9H2,1H3. The molecule has 5 atom stereocenters. The third-order valence-corrected chi connectivity index (χ3v) is 10.3. The molecule has 6 aliphatic carbocycles. The fourth-order valence-electron chi connectivity index (χ4n) is 8.15. The number of alkyl halides is 2. The molecule has 6 saturated carbocycles. The maximum atomic E-state index is 14.3. The van der Waals surface area contributed by atoms with Crippen molar-refractivity contribution in [1.29, 1.82) is 0 Å². The van der Waals surface area contributed by atoms with E-state index >= 15 is 0 Å². The van der Waals surface area contributed by atoms with Crippen molar-refractivity contribution in [2.75, 3.05) is 7.11 Å². The summed E-state index contributed by atoms with van der Waals surface area (Å²) in [7, 11) is -4.07. The van der Waals surface area contributed by atoms with Crippen molar-refractivity contribution in [3.63, 3.8) is 0 Å². The van der Waals surface area contributed by atoms with Crippen LogP contribution in [-0.4, -0.2) is 38.8 Å². The molecule has 1 heterocycles. The van der Waals surface area contributed by atoms with E-state index in [1.165, 1.54) is 32.1 Å². The highest BCUT2D eigenvalue weighted by atomic mass is 32.2. The predicted octanol–water partition coefficient (Wildman–Crippen LogP) is 3.54. The largest absolute Gasteiger partial charge is 0.370 e. The third kappa shape index (κ3) is 2.29. The van der Waals surface area contributed by atoms with E-state index in [0.717, 1.165) is 25.4 Å². The van der Waals surface area contributed by atoms with Gasteiger partial charge in [-0.1, -0.05) is 0 Å². The van der Waals surface area contributed by atoms with E-state index in [0.29, 0.717) is 18.3 Å². The number of ether oxygens (including phenoxy) is 2. The van der Waals surface area contributed by atoms with E-state index in [4.69, 9.17) is 9.47 Å². The minimum absolute atomic E-state index is 0.00595. The zero-order chi connectivity index (χ0) is 19.5. The van der Waals surface area contributed by atoms with Gasteiger partial charge in [-0.25, -0.2) is 0 Å². The van der Waals surface area contributed by atoms with Crippen LogP contribution >= 0.6 is 0 Å². The number of hydrogen-bond acceptors (Lipinski definition) is 5. The number of halogens is 2. The second-order valence-corrected chi connectivity index (χ2v) is 12.1. The highest BCUT2D eigenvalue weighted by Crippen LogP contribution is 2.66. The first-order chi connectivity index (χ1) is 13.2. The summed E-state index contributed by atoms with van der Waals surface area (Å²) in [4.78, 5) is 0. The average molecular weight is 419 g/mol. The number of rotatable bonds is 4. The van der Waals surface area contributed by atoms with Crippen molar-refractivity contribution >= 4 is 10.1 Å². The Balaban J connectivity index is 1.23. The molecule has 0 amide bonds. The van der Waals surface area contributed by atoms with Gasteiger partial charge in [0.25, 0.3) is 0 Å². The lowest BCUT2D eigenvalue weighted by Crippen LogP contribution is -2.59. The summed E-state index contributed by atoms with van der Waals surface area (Å²) in [5.74, 6) is 1.83. The highest BCUT2D eigenvalue weighted by molar-refractivity contribution is 7.87. The van der Waals surface area contributed by atoms with Gasteiger partial charge in [-0.15, -0.1) is 0 Å². The topological polar surface area (TPSA) is 61.8 Å². The first kappa shape index (κ1) is 18.5. The molecule has 1 aliphatic heterocycles. The maximum absolute atomic E-state index is 14.3. The number of fused-ring (bicyclic) bond motifs is 5. The molecule has 28 heavy (non-hydrogen) atoms. The van der Waals surface area contributed by atoms with E-state index in [1.54, 1.807) is 0 Å². The van der Waals surface area contributed by atoms with Crippen molar-refractivity contribution in [3.05, 3.63) is 0 Å². The second kappa shape index (κ2) is 5.68. The predicted molar refractivity (Wildman–Crippen MR) is 94.7 cm³/mol. The summed E-state index contributed by atoms with van der Waals surface area (Å²) >= 11 is 0. The highest BCUT2D eigenvalue weighted by Gasteiger charge is 2.69. The molecule has 0 aromatic rings. The summed E-state index contributed by atoms with van der Waals surface area (Å²) in [5.41, 5.74) is 0. The van der Waals surface area contributed by atoms with Crippen molar-refractivity contribution in [3.8, 4) is 0 Å². The van der Waals surface area contributed by atoms with Gasteiger partial charge in [0.1, 0.15) is 0 Å². The molecular weight excluding hydrogens is 390 g/mol. The molecule has 0 aromatic carbocycles. The van der Waals surface area contributed by atoms with Crippen LogP contribution in [0, 0.1) is 41.4 Å².